The lowest BCUT2D eigenvalue weighted by molar-refractivity contribution is 0.877. The second-order valence-electron chi connectivity index (χ2n) is 3.51. The van der Waals surface area contributed by atoms with Crippen LogP contribution >= 0.6 is 11.8 Å². The summed E-state index contributed by atoms with van der Waals surface area (Å²) in [5.41, 5.74) is 4.48. The van der Waals surface area contributed by atoms with E-state index in [1.807, 2.05) is 11.8 Å². The van der Waals surface area contributed by atoms with Crippen LogP contribution in [0, 0.1) is 13.8 Å². The van der Waals surface area contributed by atoms with Crippen molar-refractivity contribution < 1.29 is 0 Å². The molecule has 0 saturated heterocycles. The average molecular weight is 178 g/mol. The fourth-order valence-corrected chi connectivity index (χ4v) is 3.05. The molecule has 1 heterocycles. The summed E-state index contributed by atoms with van der Waals surface area (Å²) in [6.07, 6.45) is 2.63. The molecule has 1 aromatic rings. The molecule has 0 atom stereocenters. The highest BCUT2D eigenvalue weighted by Gasteiger charge is 2.11. The number of rotatable bonds is 0. The van der Waals surface area contributed by atoms with Gasteiger partial charge in [-0.15, -0.1) is 11.8 Å². The standard InChI is InChI=1S/C11H14S/c1-8-6-9(2)10-4-3-5-12-11(10)7-8/h6-7H,3-5H2,1-2H3. The molecule has 0 saturated carbocycles. The van der Waals surface area contributed by atoms with Gasteiger partial charge in [0.15, 0.2) is 0 Å². The van der Waals surface area contributed by atoms with Gasteiger partial charge in [-0.25, -0.2) is 0 Å². The lowest BCUT2D eigenvalue weighted by Gasteiger charge is -2.17. The van der Waals surface area contributed by atoms with E-state index in [-0.39, 0.29) is 0 Å². The van der Waals surface area contributed by atoms with Crippen molar-refractivity contribution in [2.45, 2.75) is 31.6 Å². The van der Waals surface area contributed by atoms with Crippen molar-refractivity contribution in [3.8, 4) is 0 Å². The topological polar surface area (TPSA) is 0 Å². The molecule has 0 unspecified atom stereocenters. The zero-order chi connectivity index (χ0) is 8.55. The molecule has 1 heteroatoms. The van der Waals surface area contributed by atoms with Gasteiger partial charge in [-0.2, -0.15) is 0 Å². The van der Waals surface area contributed by atoms with E-state index in [9.17, 15) is 0 Å². The SMILES string of the molecule is Cc1cc(C)c2c(c1)SCCC2. The molecule has 0 nitrogen and oxygen atoms in total. The van der Waals surface area contributed by atoms with E-state index < -0.39 is 0 Å². The molecule has 0 N–H and O–H groups in total. The predicted octanol–water partition coefficient (Wildman–Crippen LogP) is 3.34. The van der Waals surface area contributed by atoms with E-state index in [1.165, 1.54) is 34.6 Å². The maximum Gasteiger partial charge on any atom is 0.0109 e. The first-order chi connectivity index (χ1) is 5.77. The second kappa shape index (κ2) is 3.14. The zero-order valence-corrected chi connectivity index (χ0v) is 8.50. The van der Waals surface area contributed by atoms with E-state index in [1.54, 1.807) is 5.56 Å². The Bertz CT molecular complexity index is 302. The van der Waals surface area contributed by atoms with Crippen LogP contribution in [0.25, 0.3) is 0 Å². The summed E-state index contributed by atoms with van der Waals surface area (Å²) in [6.45, 7) is 4.42. The first kappa shape index (κ1) is 8.18. The number of benzene rings is 1. The monoisotopic (exact) mass is 178 g/mol. The van der Waals surface area contributed by atoms with Gasteiger partial charge in [0.05, 0.1) is 0 Å². The summed E-state index contributed by atoms with van der Waals surface area (Å²) in [5.74, 6) is 1.30. The Balaban J connectivity index is 2.53. The van der Waals surface area contributed by atoms with E-state index in [4.69, 9.17) is 0 Å². The molecular formula is C11H14S. The molecular weight excluding hydrogens is 164 g/mol. The molecule has 0 aliphatic carbocycles. The van der Waals surface area contributed by atoms with Crippen LogP contribution in [0.2, 0.25) is 0 Å². The third-order valence-corrected chi connectivity index (χ3v) is 3.57. The summed E-state index contributed by atoms with van der Waals surface area (Å²) in [5, 5.41) is 0. The minimum Gasteiger partial charge on any atom is -0.126 e. The Hall–Kier alpha value is -0.430. The van der Waals surface area contributed by atoms with Crippen molar-refractivity contribution in [1.29, 1.82) is 0 Å². The summed E-state index contributed by atoms with van der Waals surface area (Å²) in [6, 6.07) is 4.62. The lowest BCUT2D eigenvalue weighted by Crippen LogP contribution is -2.01. The Morgan fingerprint density at radius 3 is 2.92 bits per heavy atom. The Morgan fingerprint density at radius 1 is 1.25 bits per heavy atom. The quantitative estimate of drug-likeness (QED) is 0.587. The molecule has 0 fully saturated rings. The highest BCUT2D eigenvalue weighted by Crippen LogP contribution is 2.32. The van der Waals surface area contributed by atoms with Gasteiger partial charge in [-0.3, -0.25) is 0 Å². The molecule has 1 aliphatic heterocycles. The molecule has 0 radical (unpaired) electrons. The van der Waals surface area contributed by atoms with Gasteiger partial charge in [-0.1, -0.05) is 6.07 Å². The maximum atomic E-state index is 2.33. The fourth-order valence-electron chi connectivity index (χ4n) is 1.84. The van der Waals surface area contributed by atoms with Crippen LogP contribution < -0.4 is 0 Å². The van der Waals surface area contributed by atoms with Crippen LogP contribution in [0.4, 0.5) is 0 Å². The number of thioether (sulfide) groups is 1. The van der Waals surface area contributed by atoms with Gasteiger partial charge < -0.3 is 0 Å². The van der Waals surface area contributed by atoms with Gasteiger partial charge in [0.25, 0.3) is 0 Å². The van der Waals surface area contributed by atoms with Gasteiger partial charge >= 0.3 is 0 Å². The number of aryl methyl sites for hydroxylation is 2. The Morgan fingerprint density at radius 2 is 2.08 bits per heavy atom. The third-order valence-electron chi connectivity index (χ3n) is 2.41. The van der Waals surface area contributed by atoms with Crippen molar-refractivity contribution in [2.75, 3.05) is 5.75 Å². The zero-order valence-electron chi connectivity index (χ0n) is 7.68. The molecule has 12 heavy (non-hydrogen) atoms. The van der Waals surface area contributed by atoms with Crippen molar-refractivity contribution in [1.82, 2.24) is 0 Å². The van der Waals surface area contributed by atoms with Gasteiger partial charge in [0, 0.05) is 4.90 Å². The first-order valence-corrected chi connectivity index (χ1v) is 5.49. The molecule has 0 aromatic heterocycles. The van der Waals surface area contributed by atoms with E-state index >= 15 is 0 Å². The molecule has 1 aromatic carbocycles. The van der Waals surface area contributed by atoms with Crippen LogP contribution in [0.1, 0.15) is 23.1 Å². The van der Waals surface area contributed by atoms with Crippen LogP contribution in [-0.4, -0.2) is 5.75 Å². The maximum absolute atomic E-state index is 2.33. The van der Waals surface area contributed by atoms with Crippen molar-refractivity contribution in [3.05, 3.63) is 28.8 Å². The summed E-state index contributed by atoms with van der Waals surface area (Å²) >= 11 is 2.02. The molecule has 0 spiro atoms. The first-order valence-electron chi connectivity index (χ1n) is 4.50. The molecule has 0 amide bonds. The summed E-state index contributed by atoms with van der Waals surface area (Å²) in [4.78, 5) is 1.53. The van der Waals surface area contributed by atoms with E-state index in [0.717, 1.165) is 0 Å². The van der Waals surface area contributed by atoms with Gasteiger partial charge in [-0.05, 0) is 55.2 Å². The third kappa shape index (κ3) is 1.38. The van der Waals surface area contributed by atoms with Gasteiger partial charge in [0.2, 0.25) is 0 Å². The van der Waals surface area contributed by atoms with Crippen molar-refractivity contribution in [3.63, 3.8) is 0 Å². The van der Waals surface area contributed by atoms with E-state index in [2.05, 4.69) is 26.0 Å². The minimum atomic E-state index is 1.29. The molecule has 2 rings (SSSR count). The summed E-state index contributed by atoms with van der Waals surface area (Å²) in [7, 11) is 0. The number of hydrogen-bond donors (Lipinski definition) is 0. The van der Waals surface area contributed by atoms with Crippen LogP contribution in [-0.2, 0) is 6.42 Å². The van der Waals surface area contributed by atoms with Crippen molar-refractivity contribution >= 4 is 11.8 Å². The van der Waals surface area contributed by atoms with Crippen LogP contribution in [0.15, 0.2) is 17.0 Å². The fraction of sp³-hybridized carbons (Fsp3) is 0.455. The van der Waals surface area contributed by atoms with E-state index in [0.29, 0.717) is 0 Å². The molecule has 1 aliphatic rings. The van der Waals surface area contributed by atoms with Crippen LogP contribution in [0.3, 0.4) is 0 Å². The molecule has 0 bridgehead atoms. The smallest absolute Gasteiger partial charge is 0.0109 e. The summed E-state index contributed by atoms with van der Waals surface area (Å²) < 4.78 is 0. The highest BCUT2D eigenvalue weighted by molar-refractivity contribution is 7.99. The second-order valence-corrected chi connectivity index (χ2v) is 4.65. The van der Waals surface area contributed by atoms with Crippen molar-refractivity contribution in [2.24, 2.45) is 0 Å². The minimum absolute atomic E-state index is 1.29. The lowest BCUT2D eigenvalue weighted by atomic mass is 10.0. The van der Waals surface area contributed by atoms with Crippen LogP contribution in [0.5, 0.6) is 0 Å². The Kier molecular flexibility index (Phi) is 2.14. The number of fused-ring (bicyclic) bond motifs is 1. The normalized spacial score (nSPS) is 15.8. The highest BCUT2D eigenvalue weighted by atomic mass is 32.2. The van der Waals surface area contributed by atoms with Gasteiger partial charge in [0.1, 0.15) is 0 Å². The predicted molar refractivity (Wildman–Crippen MR) is 55.0 cm³/mol. The largest absolute Gasteiger partial charge is 0.126 e. The molecule has 64 valence electrons. The number of hydrogen-bond acceptors (Lipinski definition) is 1. The average Bonchev–Trinajstić information content (AvgIpc) is 2.04. The Labute approximate surface area is 78.4 Å².